The number of halogens is 1. The summed E-state index contributed by atoms with van der Waals surface area (Å²) in [5, 5.41) is 3.03. The van der Waals surface area contributed by atoms with Crippen molar-refractivity contribution < 1.29 is 0 Å². The summed E-state index contributed by atoms with van der Waals surface area (Å²) in [5.74, 6) is 0.266. The molecule has 1 aliphatic carbocycles. The van der Waals surface area contributed by atoms with Crippen molar-refractivity contribution in [3.8, 4) is 0 Å². The molecule has 0 saturated heterocycles. The molecule has 2 unspecified atom stereocenters. The molecule has 0 spiro atoms. The Morgan fingerprint density at radius 2 is 2.33 bits per heavy atom. The van der Waals surface area contributed by atoms with E-state index < -0.39 is 5.00 Å². The molecule has 0 saturated carbocycles. The average molecular weight is 185 g/mol. The summed E-state index contributed by atoms with van der Waals surface area (Å²) >= 11 is 6.26. The third kappa shape index (κ3) is 1.89. The first-order valence-corrected chi connectivity index (χ1v) is 4.30. The maximum atomic E-state index is 6.26. The van der Waals surface area contributed by atoms with Crippen molar-refractivity contribution in [2.24, 2.45) is 10.9 Å². The van der Waals surface area contributed by atoms with Crippen molar-refractivity contribution in [1.82, 2.24) is 5.32 Å². The molecule has 0 aromatic carbocycles. The first-order chi connectivity index (χ1) is 5.69. The van der Waals surface area contributed by atoms with Crippen LogP contribution in [0.15, 0.2) is 29.3 Å². The second-order valence-corrected chi connectivity index (χ2v) is 3.46. The first-order valence-electron chi connectivity index (χ1n) is 3.92. The van der Waals surface area contributed by atoms with Crippen LogP contribution in [0.1, 0.15) is 6.92 Å². The Labute approximate surface area is 78.0 Å². The van der Waals surface area contributed by atoms with Crippen LogP contribution in [-0.4, -0.2) is 18.4 Å². The molecule has 0 aromatic heterocycles. The van der Waals surface area contributed by atoms with Gasteiger partial charge in [-0.15, -0.1) is 0 Å². The zero-order chi connectivity index (χ0) is 9.03. The molecule has 0 aromatic rings. The van der Waals surface area contributed by atoms with Crippen LogP contribution >= 0.6 is 11.6 Å². The van der Waals surface area contributed by atoms with Crippen LogP contribution in [0.2, 0.25) is 0 Å². The second kappa shape index (κ2) is 3.76. The highest BCUT2D eigenvalue weighted by Crippen LogP contribution is 2.27. The molecule has 2 atom stereocenters. The molecule has 0 heterocycles. The van der Waals surface area contributed by atoms with E-state index in [1.807, 2.05) is 18.2 Å². The number of aliphatic imine (C=N–C) groups is 1. The number of nitrogens with zero attached hydrogens (tertiary/aromatic N) is 1. The second-order valence-electron chi connectivity index (χ2n) is 2.83. The monoisotopic (exact) mass is 184 g/mol. The maximum Gasteiger partial charge on any atom is 0.138 e. The number of rotatable bonds is 2. The van der Waals surface area contributed by atoms with Gasteiger partial charge in [-0.05, 0) is 6.08 Å². The largest absolute Gasteiger partial charge is 0.354 e. The highest BCUT2D eigenvalue weighted by molar-refractivity contribution is 6.26. The van der Waals surface area contributed by atoms with Gasteiger partial charge in [0.05, 0.1) is 6.34 Å². The molecule has 3 heteroatoms. The minimum Gasteiger partial charge on any atom is -0.354 e. The Morgan fingerprint density at radius 1 is 1.58 bits per heavy atom. The van der Waals surface area contributed by atoms with E-state index in [0.717, 1.165) is 0 Å². The zero-order valence-electron chi connectivity index (χ0n) is 7.29. The summed E-state index contributed by atoms with van der Waals surface area (Å²) in [6.07, 6.45) is 9.54. The minimum absolute atomic E-state index is 0.266. The lowest BCUT2D eigenvalue weighted by molar-refractivity contribution is 0.519. The normalized spacial score (nSPS) is 34.4. The standard InChI is InChI=1S/C9H13ClN2/c1-8-5-3-4-6-9(8,10)12-7-11-2/h3-8H,1-2H3,(H,11,12). The lowest BCUT2D eigenvalue weighted by Crippen LogP contribution is -2.43. The smallest absolute Gasteiger partial charge is 0.138 e. The fourth-order valence-electron chi connectivity index (χ4n) is 1.06. The Bertz CT molecular complexity index is 233. The molecule has 0 amide bonds. The zero-order valence-corrected chi connectivity index (χ0v) is 8.05. The van der Waals surface area contributed by atoms with Crippen molar-refractivity contribution in [2.75, 3.05) is 7.05 Å². The van der Waals surface area contributed by atoms with E-state index in [1.165, 1.54) is 0 Å². The summed E-state index contributed by atoms with van der Waals surface area (Å²) in [6, 6.07) is 0. The van der Waals surface area contributed by atoms with Gasteiger partial charge >= 0.3 is 0 Å². The molecule has 0 aliphatic heterocycles. The van der Waals surface area contributed by atoms with Crippen LogP contribution in [-0.2, 0) is 0 Å². The van der Waals surface area contributed by atoms with Gasteiger partial charge in [-0.2, -0.15) is 0 Å². The highest BCUT2D eigenvalue weighted by atomic mass is 35.5. The number of alkyl halides is 1. The summed E-state index contributed by atoms with van der Waals surface area (Å²) in [7, 11) is 1.71. The van der Waals surface area contributed by atoms with Gasteiger partial charge in [0.2, 0.25) is 0 Å². The number of nitrogens with one attached hydrogen (secondary N) is 1. The Balaban J connectivity index is 2.69. The third-order valence-electron chi connectivity index (χ3n) is 1.93. The molecule has 1 N–H and O–H groups in total. The molecule has 1 rings (SSSR count). The van der Waals surface area contributed by atoms with Crippen molar-refractivity contribution in [3.05, 3.63) is 24.3 Å². The van der Waals surface area contributed by atoms with E-state index >= 15 is 0 Å². The van der Waals surface area contributed by atoms with E-state index in [9.17, 15) is 0 Å². The van der Waals surface area contributed by atoms with Gasteiger partial charge in [-0.3, -0.25) is 4.99 Å². The van der Waals surface area contributed by atoms with Crippen molar-refractivity contribution in [1.29, 1.82) is 0 Å². The highest BCUT2D eigenvalue weighted by Gasteiger charge is 2.29. The molecule has 66 valence electrons. The van der Waals surface area contributed by atoms with Crippen LogP contribution < -0.4 is 5.32 Å². The van der Waals surface area contributed by atoms with Crippen molar-refractivity contribution in [2.45, 2.75) is 11.9 Å². The molecule has 0 radical (unpaired) electrons. The van der Waals surface area contributed by atoms with Crippen LogP contribution in [0, 0.1) is 5.92 Å². The van der Waals surface area contributed by atoms with E-state index in [-0.39, 0.29) is 5.92 Å². The quantitative estimate of drug-likeness (QED) is 0.302. The summed E-state index contributed by atoms with van der Waals surface area (Å²) in [5.41, 5.74) is 0. The van der Waals surface area contributed by atoms with Gasteiger partial charge in [-0.1, -0.05) is 36.8 Å². The van der Waals surface area contributed by atoms with Crippen LogP contribution in [0.5, 0.6) is 0 Å². The van der Waals surface area contributed by atoms with Gasteiger partial charge in [0.15, 0.2) is 0 Å². The van der Waals surface area contributed by atoms with E-state index in [0.29, 0.717) is 0 Å². The molecular formula is C9H13ClN2. The number of allylic oxidation sites excluding steroid dienone is 2. The molecular weight excluding hydrogens is 172 g/mol. The van der Waals surface area contributed by atoms with E-state index in [1.54, 1.807) is 13.4 Å². The minimum atomic E-state index is -0.506. The predicted molar refractivity (Wildman–Crippen MR) is 53.6 cm³/mol. The topological polar surface area (TPSA) is 24.4 Å². The Morgan fingerprint density at radius 3 is 2.92 bits per heavy atom. The van der Waals surface area contributed by atoms with Gasteiger partial charge < -0.3 is 5.32 Å². The van der Waals surface area contributed by atoms with Crippen molar-refractivity contribution >= 4 is 17.9 Å². The fraction of sp³-hybridized carbons (Fsp3) is 0.444. The van der Waals surface area contributed by atoms with E-state index in [4.69, 9.17) is 11.6 Å². The summed E-state index contributed by atoms with van der Waals surface area (Å²) < 4.78 is 0. The van der Waals surface area contributed by atoms with Gasteiger partial charge in [-0.25, -0.2) is 0 Å². The molecule has 2 nitrogen and oxygen atoms in total. The van der Waals surface area contributed by atoms with Gasteiger partial charge in [0.1, 0.15) is 5.00 Å². The molecule has 12 heavy (non-hydrogen) atoms. The van der Waals surface area contributed by atoms with Crippen molar-refractivity contribution in [3.63, 3.8) is 0 Å². The molecule has 0 bridgehead atoms. The third-order valence-corrected chi connectivity index (χ3v) is 2.51. The van der Waals surface area contributed by atoms with Crippen LogP contribution in [0.4, 0.5) is 0 Å². The maximum absolute atomic E-state index is 6.26. The lowest BCUT2D eigenvalue weighted by Gasteiger charge is -2.30. The SMILES string of the molecule is CN=CNC1(Cl)C=CC=CC1C. The summed E-state index contributed by atoms with van der Waals surface area (Å²) in [4.78, 5) is 3.33. The molecule has 0 fully saturated rings. The first kappa shape index (κ1) is 9.33. The van der Waals surface area contributed by atoms with Gasteiger partial charge in [0.25, 0.3) is 0 Å². The molecule has 1 aliphatic rings. The average Bonchev–Trinajstić information content (AvgIpc) is 2.07. The van der Waals surface area contributed by atoms with E-state index in [2.05, 4.69) is 23.3 Å². The van der Waals surface area contributed by atoms with Crippen LogP contribution in [0.3, 0.4) is 0 Å². The fourth-order valence-corrected chi connectivity index (χ4v) is 1.26. The lowest BCUT2D eigenvalue weighted by atomic mass is 9.97. The van der Waals surface area contributed by atoms with Gasteiger partial charge in [0, 0.05) is 13.0 Å². The predicted octanol–water partition coefficient (Wildman–Crippen LogP) is 1.93. The van der Waals surface area contributed by atoms with Crippen LogP contribution in [0.25, 0.3) is 0 Å². The Kier molecular flexibility index (Phi) is 2.93. The Hall–Kier alpha value is -0.760. The number of hydrogen-bond acceptors (Lipinski definition) is 1. The summed E-state index contributed by atoms with van der Waals surface area (Å²) in [6.45, 7) is 2.06. The number of hydrogen-bond donors (Lipinski definition) is 1.